The molecule has 0 saturated carbocycles. The van der Waals surface area contributed by atoms with E-state index in [0.717, 1.165) is 13.1 Å². The predicted octanol–water partition coefficient (Wildman–Crippen LogP) is 1.87. The second kappa shape index (κ2) is 6.68. The van der Waals surface area contributed by atoms with Crippen molar-refractivity contribution >= 4 is 11.7 Å². The number of aliphatic hydroxyl groups is 1. The van der Waals surface area contributed by atoms with Crippen molar-refractivity contribution in [1.82, 2.24) is 5.06 Å². The van der Waals surface area contributed by atoms with E-state index in [9.17, 15) is 19.1 Å². The van der Waals surface area contributed by atoms with Crippen molar-refractivity contribution in [2.24, 2.45) is 0 Å². The average molecular weight is 317 g/mol. The molecule has 0 aliphatic heterocycles. The molecule has 0 heterocycles. The van der Waals surface area contributed by atoms with Gasteiger partial charge >= 0.3 is 5.91 Å². The number of nitrogens with zero attached hydrogens (tertiary/aromatic N) is 1. The fourth-order valence-electron chi connectivity index (χ4n) is 2.35. The number of carbonyl (C=O) groups is 2. The van der Waals surface area contributed by atoms with Gasteiger partial charge in [-0.2, -0.15) is 0 Å². The lowest BCUT2D eigenvalue weighted by Crippen LogP contribution is -2.38. The van der Waals surface area contributed by atoms with Gasteiger partial charge in [0.25, 0.3) is 0 Å². The molecule has 0 aliphatic rings. The van der Waals surface area contributed by atoms with Crippen molar-refractivity contribution in [1.29, 1.82) is 0 Å². The molecule has 120 valence electrons. The minimum absolute atomic E-state index is 0.118. The predicted molar refractivity (Wildman–Crippen MR) is 80.0 cm³/mol. The number of benzene rings is 2. The fraction of sp³-hybridized carbons (Fsp3) is 0.176. The highest BCUT2D eigenvalue weighted by molar-refractivity contribution is 6.35. The third-order valence-electron chi connectivity index (χ3n) is 3.52. The van der Waals surface area contributed by atoms with E-state index in [4.69, 9.17) is 5.21 Å². The lowest BCUT2D eigenvalue weighted by Gasteiger charge is -2.29. The number of hydrogen-bond acceptors (Lipinski definition) is 4. The Hall–Kier alpha value is -2.57. The smallest absolute Gasteiger partial charge is 0.313 e. The van der Waals surface area contributed by atoms with Gasteiger partial charge in [-0.25, -0.2) is 9.45 Å². The Morgan fingerprint density at radius 2 is 1.65 bits per heavy atom. The van der Waals surface area contributed by atoms with Gasteiger partial charge in [-0.05, 0) is 11.6 Å². The van der Waals surface area contributed by atoms with E-state index in [-0.39, 0.29) is 16.2 Å². The molecule has 6 heteroatoms. The highest BCUT2D eigenvalue weighted by Gasteiger charge is 2.38. The highest BCUT2D eigenvalue weighted by Crippen LogP contribution is 2.34. The van der Waals surface area contributed by atoms with E-state index in [1.165, 1.54) is 30.3 Å². The summed E-state index contributed by atoms with van der Waals surface area (Å²) in [5, 5.41) is 20.2. The Bertz CT molecular complexity index is 718. The third kappa shape index (κ3) is 3.44. The lowest BCUT2D eigenvalue weighted by atomic mass is 9.82. The van der Waals surface area contributed by atoms with Crippen LogP contribution >= 0.6 is 0 Å². The summed E-state index contributed by atoms with van der Waals surface area (Å²) < 4.78 is 14.2. The standard InChI is InChI=1S/C17H16FNO4/c1-19(23)16(21)15(20)11-17(22,12-7-3-2-4-8-12)13-9-5-6-10-14(13)18/h2-10,22-23H,11H2,1H3. The number of Topliss-reactive ketones (excluding diaryl/α,β-unsaturated/α-hetero) is 1. The van der Waals surface area contributed by atoms with Crippen LogP contribution in [0, 0.1) is 5.82 Å². The van der Waals surface area contributed by atoms with Crippen LogP contribution in [0.15, 0.2) is 54.6 Å². The van der Waals surface area contributed by atoms with E-state index < -0.39 is 29.5 Å². The Morgan fingerprint density at radius 3 is 2.22 bits per heavy atom. The molecule has 2 aromatic carbocycles. The van der Waals surface area contributed by atoms with Gasteiger partial charge in [0.2, 0.25) is 5.78 Å². The van der Waals surface area contributed by atoms with Gasteiger partial charge in [-0.15, -0.1) is 0 Å². The normalized spacial score (nSPS) is 13.2. The first-order valence-electron chi connectivity index (χ1n) is 6.89. The summed E-state index contributed by atoms with van der Waals surface area (Å²) in [4.78, 5) is 23.6. The molecular formula is C17H16FNO4. The number of hydrogen-bond donors (Lipinski definition) is 2. The summed E-state index contributed by atoms with van der Waals surface area (Å²) in [6.07, 6.45) is -0.693. The minimum Gasteiger partial charge on any atom is -0.380 e. The molecule has 0 saturated heterocycles. The SMILES string of the molecule is CN(O)C(=O)C(=O)CC(O)(c1ccccc1)c1ccccc1F. The van der Waals surface area contributed by atoms with Crippen molar-refractivity contribution < 1.29 is 24.3 Å². The van der Waals surface area contributed by atoms with Crippen LogP contribution < -0.4 is 0 Å². The molecule has 0 spiro atoms. The van der Waals surface area contributed by atoms with Gasteiger partial charge in [0.1, 0.15) is 11.4 Å². The monoisotopic (exact) mass is 317 g/mol. The largest absolute Gasteiger partial charge is 0.380 e. The molecule has 0 aliphatic carbocycles. The molecule has 1 amide bonds. The molecule has 0 aromatic heterocycles. The molecule has 0 bridgehead atoms. The third-order valence-corrected chi connectivity index (χ3v) is 3.52. The maximum Gasteiger partial charge on any atom is 0.313 e. The Kier molecular flexibility index (Phi) is 4.88. The number of halogens is 1. The van der Waals surface area contributed by atoms with Gasteiger partial charge < -0.3 is 5.11 Å². The van der Waals surface area contributed by atoms with Crippen LogP contribution in [0.4, 0.5) is 4.39 Å². The first-order chi connectivity index (χ1) is 10.9. The summed E-state index contributed by atoms with van der Waals surface area (Å²) >= 11 is 0. The van der Waals surface area contributed by atoms with Crippen molar-refractivity contribution in [3.05, 3.63) is 71.5 Å². The van der Waals surface area contributed by atoms with Crippen molar-refractivity contribution in [3.63, 3.8) is 0 Å². The summed E-state index contributed by atoms with van der Waals surface area (Å²) in [7, 11) is 1.00. The van der Waals surface area contributed by atoms with E-state index >= 15 is 0 Å². The molecule has 1 unspecified atom stereocenters. The number of rotatable bonds is 5. The van der Waals surface area contributed by atoms with Gasteiger partial charge in [-0.1, -0.05) is 48.5 Å². The number of ketones is 1. The van der Waals surface area contributed by atoms with Crippen LogP contribution in [0.2, 0.25) is 0 Å². The molecule has 5 nitrogen and oxygen atoms in total. The van der Waals surface area contributed by atoms with Crippen molar-refractivity contribution in [3.8, 4) is 0 Å². The number of hydroxylamine groups is 2. The number of likely N-dealkylation sites (N-methyl/N-ethyl adjacent to an activating group) is 1. The summed E-state index contributed by atoms with van der Waals surface area (Å²) in [6.45, 7) is 0. The molecule has 0 fully saturated rings. The van der Waals surface area contributed by atoms with Crippen LogP contribution in [0.25, 0.3) is 0 Å². The Balaban J connectivity index is 2.51. The average Bonchev–Trinajstić information content (AvgIpc) is 2.55. The zero-order valence-corrected chi connectivity index (χ0v) is 12.4. The van der Waals surface area contributed by atoms with Crippen molar-refractivity contribution in [2.75, 3.05) is 7.05 Å². The van der Waals surface area contributed by atoms with E-state index in [2.05, 4.69) is 0 Å². The second-order valence-corrected chi connectivity index (χ2v) is 5.13. The zero-order valence-electron chi connectivity index (χ0n) is 12.4. The molecule has 23 heavy (non-hydrogen) atoms. The molecule has 0 radical (unpaired) electrons. The van der Waals surface area contributed by atoms with E-state index in [1.807, 2.05) is 0 Å². The first kappa shape index (κ1) is 16.8. The maximum atomic E-state index is 14.2. The molecule has 2 rings (SSSR count). The fourth-order valence-corrected chi connectivity index (χ4v) is 2.35. The Labute approximate surface area is 132 Å². The number of carbonyl (C=O) groups excluding carboxylic acids is 2. The quantitative estimate of drug-likeness (QED) is 0.501. The van der Waals surface area contributed by atoms with Crippen LogP contribution in [0.1, 0.15) is 17.5 Å². The van der Waals surface area contributed by atoms with Gasteiger partial charge in [0, 0.05) is 12.6 Å². The lowest BCUT2D eigenvalue weighted by molar-refractivity contribution is -0.166. The highest BCUT2D eigenvalue weighted by atomic mass is 19.1. The van der Waals surface area contributed by atoms with Gasteiger partial charge in [-0.3, -0.25) is 14.8 Å². The molecule has 2 aromatic rings. The minimum atomic E-state index is -2.02. The van der Waals surface area contributed by atoms with Gasteiger partial charge in [0.15, 0.2) is 0 Å². The molecule has 2 N–H and O–H groups in total. The Morgan fingerprint density at radius 1 is 1.09 bits per heavy atom. The number of amides is 1. The van der Waals surface area contributed by atoms with E-state index in [1.54, 1.807) is 18.2 Å². The second-order valence-electron chi connectivity index (χ2n) is 5.13. The molecular weight excluding hydrogens is 301 g/mol. The first-order valence-corrected chi connectivity index (χ1v) is 6.89. The van der Waals surface area contributed by atoms with Gasteiger partial charge in [0.05, 0.1) is 6.42 Å². The summed E-state index contributed by atoms with van der Waals surface area (Å²) in [5.41, 5.74) is -1.87. The molecule has 1 atom stereocenters. The zero-order chi connectivity index (χ0) is 17.0. The van der Waals surface area contributed by atoms with E-state index in [0.29, 0.717) is 0 Å². The maximum absolute atomic E-state index is 14.2. The van der Waals surface area contributed by atoms with Crippen LogP contribution in [0.5, 0.6) is 0 Å². The van der Waals surface area contributed by atoms with Crippen molar-refractivity contribution in [2.45, 2.75) is 12.0 Å². The topological polar surface area (TPSA) is 77.8 Å². The summed E-state index contributed by atoms with van der Waals surface area (Å²) in [5.74, 6) is -2.92. The van der Waals surface area contributed by atoms with Crippen LogP contribution in [-0.4, -0.2) is 34.1 Å². The van der Waals surface area contributed by atoms with Crippen LogP contribution in [0.3, 0.4) is 0 Å². The summed E-state index contributed by atoms with van der Waals surface area (Å²) in [6, 6.07) is 13.5. The van der Waals surface area contributed by atoms with Crippen LogP contribution in [-0.2, 0) is 15.2 Å².